The Hall–Kier alpha value is -1.35. The van der Waals surface area contributed by atoms with E-state index < -0.39 is 5.54 Å². The minimum absolute atomic E-state index is 0.328. The fraction of sp³-hybridized carbons (Fsp3) is 0.533. The molecule has 1 aromatic rings. The third kappa shape index (κ3) is 2.72. The maximum atomic E-state index is 11.9. The molecule has 0 bridgehead atoms. The second kappa shape index (κ2) is 5.53. The highest BCUT2D eigenvalue weighted by atomic mass is 16.1. The van der Waals surface area contributed by atoms with E-state index in [0.29, 0.717) is 0 Å². The van der Waals surface area contributed by atoms with E-state index in [1.54, 1.807) is 0 Å². The molecule has 0 spiro atoms. The second-order valence-corrected chi connectivity index (χ2v) is 5.19. The molecule has 0 saturated heterocycles. The molecule has 0 aliphatic rings. The summed E-state index contributed by atoms with van der Waals surface area (Å²) >= 11 is 0. The smallest absolute Gasteiger partial charge is 0.242 e. The summed E-state index contributed by atoms with van der Waals surface area (Å²) < 4.78 is 0. The van der Waals surface area contributed by atoms with Crippen molar-refractivity contribution in [1.29, 1.82) is 0 Å². The molecule has 0 fully saturated rings. The Labute approximate surface area is 110 Å². The van der Waals surface area contributed by atoms with Crippen molar-refractivity contribution in [1.82, 2.24) is 5.32 Å². The monoisotopic (exact) mass is 248 g/mol. The van der Waals surface area contributed by atoms with Gasteiger partial charge in [0.15, 0.2) is 0 Å². The Morgan fingerprint density at radius 3 is 2.17 bits per heavy atom. The molecule has 100 valence electrons. The van der Waals surface area contributed by atoms with E-state index in [0.717, 1.165) is 29.7 Å². The van der Waals surface area contributed by atoms with E-state index in [2.05, 4.69) is 31.3 Å². The van der Waals surface area contributed by atoms with Gasteiger partial charge in [-0.25, -0.2) is 0 Å². The lowest BCUT2D eigenvalue weighted by Gasteiger charge is -2.31. The molecule has 0 aromatic heterocycles. The number of rotatable bonds is 5. The molecule has 1 unspecified atom stereocenters. The maximum absolute atomic E-state index is 11.9. The van der Waals surface area contributed by atoms with Gasteiger partial charge in [-0.15, -0.1) is 0 Å². The molecule has 3 nitrogen and oxygen atoms in total. The normalized spacial score (nSPS) is 14.3. The number of aryl methyl sites for hydroxylation is 3. The fourth-order valence-corrected chi connectivity index (χ4v) is 2.64. The Kier molecular flexibility index (Phi) is 4.52. The number of benzene rings is 1. The number of hydrogen-bond acceptors (Lipinski definition) is 2. The van der Waals surface area contributed by atoms with Gasteiger partial charge < -0.3 is 5.73 Å². The topological polar surface area (TPSA) is 55.1 Å². The zero-order valence-electron chi connectivity index (χ0n) is 12.1. The Bertz CT molecular complexity index is 431. The van der Waals surface area contributed by atoms with Crippen LogP contribution in [0.15, 0.2) is 12.1 Å². The van der Waals surface area contributed by atoms with Crippen molar-refractivity contribution < 1.29 is 4.79 Å². The van der Waals surface area contributed by atoms with Crippen LogP contribution < -0.4 is 11.1 Å². The van der Waals surface area contributed by atoms with Crippen LogP contribution in [0.2, 0.25) is 0 Å². The summed E-state index contributed by atoms with van der Waals surface area (Å²) in [6, 6.07) is 4.19. The van der Waals surface area contributed by atoms with Gasteiger partial charge in [-0.2, -0.15) is 0 Å². The molecule has 0 heterocycles. The van der Waals surface area contributed by atoms with Crippen LogP contribution in [0.3, 0.4) is 0 Å². The van der Waals surface area contributed by atoms with Gasteiger partial charge in [0.05, 0.1) is 0 Å². The highest BCUT2D eigenvalue weighted by Gasteiger charge is 2.35. The minimum Gasteiger partial charge on any atom is -0.368 e. The molecular formula is C15H24N2O. The lowest BCUT2D eigenvalue weighted by molar-refractivity contribution is -0.124. The third-order valence-corrected chi connectivity index (χ3v) is 3.40. The summed E-state index contributed by atoms with van der Waals surface area (Å²) in [5.74, 6) is -0.328. The van der Waals surface area contributed by atoms with Crippen molar-refractivity contribution in [3.8, 4) is 0 Å². The van der Waals surface area contributed by atoms with Crippen LogP contribution in [0, 0.1) is 20.8 Å². The average Bonchev–Trinajstić information content (AvgIpc) is 2.24. The van der Waals surface area contributed by atoms with Crippen molar-refractivity contribution >= 4 is 5.91 Å². The number of carbonyl (C=O) groups is 1. The number of amides is 1. The minimum atomic E-state index is -0.794. The largest absolute Gasteiger partial charge is 0.368 e. The van der Waals surface area contributed by atoms with Gasteiger partial charge in [-0.3, -0.25) is 10.1 Å². The van der Waals surface area contributed by atoms with Crippen LogP contribution in [0.5, 0.6) is 0 Å². The molecule has 3 heteroatoms. The van der Waals surface area contributed by atoms with Crippen molar-refractivity contribution in [2.24, 2.45) is 5.73 Å². The van der Waals surface area contributed by atoms with Crippen LogP contribution in [-0.4, -0.2) is 12.5 Å². The van der Waals surface area contributed by atoms with Crippen molar-refractivity contribution in [3.05, 3.63) is 34.4 Å². The lowest BCUT2D eigenvalue weighted by Crippen LogP contribution is -2.51. The summed E-state index contributed by atoms with van der Waals surface area (Å²) in [5, 5.41) is 3.29. The van der Waals surface area contributed by atoms with E-state index in [4.69, 9.17) is 5.73 Å². The van der Waals surface area contributed by atoms with Gasteiger partial charge in [0, 0.05) is 0 Å². The second-order valence-electron chi connectivity index (χ2n) is 5.19. The molecule has 0 aliphatic heterocycles. The van der Waals surface area contributed by atoms with Crippen LogP contribution >= 0.6 is 0 Å². The Balaban J connectivity index is 3.34. The van der Waals surface area contributed by atoms with Crippen molar-refractivity contribution in [2.75, 3.05) is 6.54 Å². The van der Waals surface area contributed by atoms with Gasteiger partial charge in [0.2, 0.25) is 5.91 Å². The summed E-state index contributed by atoms with van der Waals surface area (Å²) in [6.07, 6.45) is 0.965. The highest BCUT2D eigenvalue weighted by Crippen LogP contribution is 2.28. The first-order valence-corrected chi connectivity index (χ1v) is 6.46. The molecule has 18 heavy (non-hydrogen) atoms. The molecule has 0 saturated carbocycles. The van der Waals surface area contributed by atoms with Crippen LogP contribution in [0.1, 0.15) is 42.5 Å². The Morgan fingerprint density at radius 1 is 1.28 bits per heavy atom. The van der Waals surface area contributed by atoms with E-state index >= 15 is 0 Å². The fourth-order valence-electron chi connectivity index (χ4n) is 2.64. The zero-order valence-corrected chi connectivity index (χ0v) is 12.1. The molecule has 1 rings (SSSR count). The molecule has 1 aromatic carbocycles. The SMILES string of the molecule is CCCNC(C)(C(N)=O)c1c(C)cc(C)cc1C. The van der Waals surface area contributed by atoms with Gasteiger partial charge in [-0.1, -0.05) is 24.6 Å². The predicted octanol–water partition coefficient (Wildman–Crippen LogP) is 2.31. The molecule has 1 atom stereocenters. The van der Waals surface area contributed by atoms with Crippen LogP contribution in [0.25, 0.3) is 0 Å². The number of nitrogens with two attached hydrogens (primary N) is 1. The first-order valence-electron chi connectivity index (χ1n) is 6.46. The van der Waals surface area contributed by atoms with Gasteiger partial charge in [0.1, 0.15) is 5.54 Å². The molecule has 3 N–H and O–H groups in total. The van der Waals surface area contributed by atoms with Crippen LogP contribution in [-0.2, 0) is 10.3 Å². The standard InChI is InChI=1S/C15H24N2O/c1-6-7-17-15(5,14(16)18)13-11(3)8-10(2)9-12(13)4/h8-9,17H,6-7H2,1-5H3,(H2,16,18). The summed E-state index contributed by atoms with van der Waals surface area (Å²) in [7, 11) is 0. The third-order valence-electron chi connectivity index (χ3n) is 3.40. The summed E-state index contributed by atoms with van der Waals surface area (Å²) in [4.78, 5) is 11.9. The number of hydrogen-bond donors (Lipinski definition) is 2. The molecule has 0 radical (unpaired) electrons. The lowest BCUT2D eigenvalue weighted by atomic mass is 9.83. The van der Waals surface area contributed by atoms with E-state index in [9.17, 15) is 4.79 Å². The highest BCUT2D eigenvalue weighted by molar-refractivity contribution is 5.86. The average molecular weight is 248 g/mol. The van der Waals surface area contributed by atoms with Crippen molar-refractivity contribution in [2.45, 2.75) is 46.6 Å². The number of primary amides is 1. The number of carbonyl (C=O) groups excluding carboxylic acids is 1. The first kappa shape index (κ1) is 14.7. The van der Waals surface area contributed by atoms with Crippen LogP contribution in [0.4, 0.5) is 0 Å². The van der Waals surface area contributed by atoms with Gasteiger partial charge in [0.25, 0.3) is 0 Å². The Morgan fingerprint density at radius 2 is 1.78 bits per heavy atom. The van der Waals surface area contributed by atoms with Gasteiger partial charge in [-0.05, 0) is 57.4 Å². The van der Waals surface area contributed by atoms with E-state index in [1.165, 1.54) is 5.56 Å². The summed E-state index contributed by atoms with van der Waals surface area (Å²) in [6.45, 7) is 10.8. The molecular weight excluding hydrogens is 224 g/mol. The number of nitrogens with one attached hydrogen (secondary N) is 1. The van der Waals surface area contributed by atoms with E-state index in [-0.39, 0.29) is 5.91 Å². The quantitative estimate of drug-likeness (QED) is 0.840. The zero-order chi connectivity index (χ0) is 13.9. The first-order chi connectivity index (χ1) is 8.32. The predicted molar refractivity (Wildman–Crippen MR) is 75.5 cm³/mol. The molecule has 1 amide bonds. The summed E-state index contributed by atoms with van der Waals surface area (Å²) in [5.41, 5.74) is 9.25. The van der Waals surface area contributed by atoms with E-state index in [1.807, 2.05) is 20.8 Å². The maximum Gasteiger partial charge on any atom is 0.242 e. The van der Waals surface area contributed by atoms with Crippen molar-refractivity contribution in [3.63, 3.8) is 0 Å². The molecule has 0 aliphatic carbocycles. The van der Waals surface area contributed by atoms with Gasteiger partial charge >= 0.3 is 0 Å².